The number of rotatable bonds is 8. The van der Waals surface area contributed by atoms with E-state index in [2.05, 4.69) is 15.5 Å². The van der Waals surface area contributed by atoms with Crippen LogP contribution in [0.5, 0.6) is 0 Å². The van der Waals surface area contributed by atoms with Crippen molar-refractivity contribution < 1.29 is 9.18 Å². The Morgan fingerprint density at radius 1 is 1.19 bits per heavy atom. The van der Waals surface area contributed by atoms with E-state index in [1.54, 1.807) is 12.1 Å². The second-order valence-electron chi connectivity index (χ2n) is 7.77. The highest BCUT2D eigenvalue weighted by atomic mass is 32.2. The summed E-state index contributed by atoms with van der Waals surface area (Å²) in [6, 6.07) is 12.8. The zero-order valence-electron chi connectivity index (χ0n) is 18.4. The summed E-state index contributed by atoms with van der Waals surface area (Å²) >= 11 is 1.31. The van der Waals surface area contributed by atoms with Crippen molar-refractivity contribution in [2.75, 3.05) is 6.54 Å². The molecular weight excluding hydrogens is 425 g/mol. The molecule has 2 aromatic carbocycles. The molecule has 32 heavy (non-hydrogen) atoms. The highest BCUT2D eigenvalue weighted by Gasteiger charge is 2.21. The van der Waals surface area contributed by atoms with Gasteiger partial charge in [0, 0.05) is 17.5 Å². The molecule has 1 amide bonds. The molecule has 2 heterocycles. The molecule has 0 fully saturated rings. The average Bonchev–Trinajstić information content (AvgIpc) is 3.09. The van der Waals surface area contributed by atoms with Crippen molar-refractivity contribution in [1.29, 1.82) is 0 Å². The maximum absolute atomic E-state index is 14.4. The molecule has 8 heteroatoms. The van der Waals surface area contributed by atoms with Gasteiger partial charge in [-0.1, -0.05) is 55.4 Å². The van der Waals surface area contributed by atoms with E-state index in [1.165, 1.54) is 17.8 Å². The number of amides is 1. The van der Waals surface area contributed by atoms with Crippen molar-refractivity contribution in [3.05, 3.63) is 59.4 Å². The smallest absolute Gasteiger partial charge is 0.233 e. The normalized spacial score (nSPS) is 12.4. The Kier molecular flexibility index (Phi) is 6.69. The maximum atomic E-state index is 14.4. The number of fused-ring (bicyclic) bond motifs is 3. The fraction of sp³-hybridized carbons (Fsp3) is 0.333. The molecule has 0 aliphatic heterocycles. The predicted octanol–water partition coefficient (Wildman–Crippen LogP) is 4.87. The van der Waals surface area contributed by atoms with Crippen LogP contribution in [0.2, 0.25) is 0 Å². The second kappa shape index (κ2) is 9.65. The number of aromatic nitrogens is 4. The maximum Gasteiger partial charge on any atom is 0.233 e. The van der Waals surface area contributed by atoms with Gasteiger partial charge in [-0.15, -0.1) is 10.2 Å². The Morgan fingerprint density at radius 2 is 2.00 bits per heavy atom. The van der Waals surface area contributed by atoms with Gasteiger partial charge in [-0.2, -0.15) is 0 Å². The molecule has 0 saturated heterocycles. The Hall–Kier alpha value is -3.00. The van der Waals surface area contributed by atoms with Crippen LogP contribution in [0.4, 0.5) is 4.39 Å². The number of hydrogen-bond acceptors (Lipinski definition) is 5. The summed E-state index contributed by atoms with van der Waals surface area (Å²) in [5, 5.41) is 12.8. The van der Waals surface area contributed by atoms with E-state index in [4.69, 9.17) is 4.98 Å². The van der Waals surface area contributed by atoms with Gasteiger partial charge in [-0.05, 0) is 38.0 Å². The molecule has 4 aromatic rings. The summed E-state index contributed by atoms with van der Waals surface area (Å²) in [6.07, 6.45) is 1.53. The first kappa shape index (κ1) is 22.2. The second-order valence-corrected chi connectivity index (χ2v) is 8.94. The minimum absolute atomic E-state index is 0.0226. The topological polar surface area (TPSA) is 72.7 Å². The SMILES string of the molecule is CCCNC(=O)C(CC)Sc1nnc2c3cc(C)ccc3n(Cc3ccccc3F)c2n1. The van der Waals surface area contributed by atoms with E-state index in [-0.39, 0.29) is 17.0 Å². The minimum atomic E-state index is -0.299. The monoisotopic (exact) mass is 451 g/mol. The number of nitrogens with zero attached hydrogens (tertiary/aromatic N) is 4. The molecule has 0 aliphatic rings. The molecule has 1 unspecified atom stereocenters. The van der Waals surface area contributed by atoms with Crippen LogP contribution in [0.15, 0.2) is 47.6 Å². The molecular formula is C24H26FN5OS. The quantitative estimate of drug-likeness (QED) is 0.387. The first-order valence-electron chi connectivity index (χ1n) is 10.8. The lowest BCUT2D eigenvalue weighted by Gasteiger charge is -2.13. The Balaban J connectivity index is 1.78. The first-order chi connectivity index (χ1) is 15.5. The lowest BCUT2D eigenvalue weighted by atomic mass is 10.1. The van der Waals surface area contributed by atoms with Crippen LogP contribution in [-0.2, 0) is 11.3 Å². The third-order valence-corrected chi connectivity index (χ3v) is 6.56. The molecule has 2 aromatic heterocycles. The molecule has 4 rings (SSSR count). The number of halogens is 1. The number of thioether (sulfide) groups is 1. The van der Waals surface area contributed by atoms with Crippen LogP contribution < -0.4 is 5.32 Å². The Bertz CT molecular complexity index is 1270. The van der Waals surface area contributed by atoms with Gasteiger partial charge in [0.25, 0.3) is 0 Å². The summed E-state index contributed by atoms with van der Waals surface area (Å²) in [7, 11) is 0. The summed E-state index contributed by atoms with van der Waals surface area (Å²) in [5.74, 6) is -0.282. The zero-order valence-corrected chi connectivity index (χ0v) is 19.2. The minimum Gasteiger partial charge on any atom is -0.355 e. The lowest BCUT2D eigenvalue weighted by Crippen LogP contribution is -2.32. The largest absolute Gasteiger partial charge is 0.355 e. The fourth-order valence-electron chi connectivity index (χ4n) is 3.67. The summed E-state index contributed by atoms with van der Waals surface area (Å²) in [4.78, 5) is 17.2. The van der Waals surface area contributed by atoms with E-state index < -0.39 is 0 Å². The van der Waals surface area contributed by atoms with Crippen molar-refractivity contribution in [3.63, 3.8) is 0 Å². The third kappa shape index (κ3) is 4.46. The molecule has 0 saturated carbocycles. The average molecular weight is 452 g/mol. The Labute approximate surface area is 190 Å². The predicted molar refractivity (Wildman–Crippen MR) is 126 cm³/mol. The van der Waals surface area contributed by atoms with Crippen LogP contribution in [0.25, 0.3) is 22.1 Å². The number of hydrogen-bond donors (Lipinski definition) is 1. The van der Waals surface area contributed by atoms with Gasteiger partial charge >= 0.3 is 0 Å². The van der Waals surface area contributed by atoms with Gasteiger partial charge in [0.05, 0.1) is 17.3 Å². The molecule has 0 bridgehead atoms. The summed E-state index contributed by atoms with van der Waals surface area (Å²) in [5.41, 5.74) is 3.90. The van der Waals surface area contributed by atoms with E-state index >= 15 is 0 Å². The van der Waals surface area contributed by atoms with Gasteiger partial charge in [-0.25, -0.2) is 9.37 Å². The van der Waals surface area contributed by atoms with Crippen molar-refractivity contribution >= 4 is 39.7 Å². The number of carbonyl (C=O) groups is 1. The summed E-state index contributed by atoms with van der Waals surface area (Å²) < 4.78 is 16.4. The molecule has 0 aliphatic carbocycles. The number of carbonyl (C=O) groups excluding carboxylic acids is 1. The zero-order chi connectivity index (χ0) is 22.7. The first-order valence-corrected chi connectivity index (χ1v) is 11.7. The number of benzene rings is 2. The van der Waals surface area contributed by atoms with E-state index in [0.29, 0.717) is 41.4 Å². The van der Waals surface area contributed by atoms with Gasteiger partial charge in [0.15, 0.2) is 5.65 Å². The van der Waals surface area contributed by atoms with Crippen LogP contribution in [0, 0.1) is 12.7 Å². The van der Waals surface area contributed by atoms with Crippen molar-refractivity contribution in [2.45, 2.75) is 50.6 Å². The molecule has 0 spiro atoms. The molecule has 1 atom stereocenters. The third-order valence-electron chi connectivity index (χ3n) is 5.35. The van der Waals surface area contributed by atoms with Crippen molar-refractivity contribution in [1.82, 2.24) is 25.1 Å². The highest BCUT2D eigenvalue weighted by molar-refractivity contribution is 8.00. The van der Waals surface area contributed by atoms with Gasteiger partial charge < -0.3 is 9.88 Å². The standard InChI is InChI=1S/C24H26FN5OS/c1-4-12-26-23(31)20(5-2)32-24-27-22-21(28-29-24)17-13-15(3)10-11-19(17)30(22)14-16-8-6-7-9-18(16)25/h6-11,13,20H,4-5,12,14H2,1-3H3,(H,26,31). The molecule has 1 N–H and O–H groups in total. The Morgan fingerprint density at radius 3 is 2.75 bits per heavy atom. The van der Waals surface area contributed by atoms with Crippen molar-refractivity contribution in [3.8, 4) is 0 Å². The van der Waals surface area contributed by atoms with Crippen LogP contribution in [-0.4, -0.2) is 37.5 Å². The van der Waals surface area contributed by atoms with Crippen molar-refractivity contribution in [2.24, 2.45) is 0 Å². The lowest BCUT2D eigenvalue weighted by molar-refractivity contribution is -0.120. The number of aryl methyl sites for hydroxylation is 1. The van der Waals surface area contributed by atoms with E-state index in [0.717, 1.165) is 22.9 Å². The molecule has 166 valence electrons. The molecule has 6 nitrogen and oxygen atoms in total. The van der Waals surface area contributed by atoms with E-state index in [1.807, 2.05) is 49.6 Å². The molecule has 0 radical (unpaired) electrons. The van der Waals surface area contributed by atoms with E-state index in [9.17, 15) is 9.18 Å². The highest BCUT2D eigenvalue weighted by Crippen LogP contribution is 2.30. The van der Waals surface area contributed by atoms with Crippen LogP contribution >= 0.6 is 11.8 Å². The fourth-order valence-corrected chi connectivity index (χ4v) is 4.51. The number of nitrogens with one attached hydrogen (secondary N) is 1. The van der Waals surface area contributed by atoms with Gasteiger partial charge in [-0.3, -0.25) is 4.79 Å². The van der Waals surface area contributed by atoms with Crippen LogP contribution in [0.3, 0.4) is 0 Å². The van der Waals surface area contributed by atoms with Gasteiger partial charge in [0.1, 0.15) is 11.3 Å². The van der Waals surface area contributed by atoms with Gasteiger partial charge in [0.2, 0.25) is 11.1 Å². The summed E-state index contributed by atoms with van der Waals surface area (Å²) in [6.45, 7) is 6.97. The van der Waals surface area contributed by atoms with Crippen LogP contribution in [0.1, 0.15) is 37.8 Å².